The van der Waals surface area contributed by atoms with Crippen LogP contribution in [0, 0.1) is 0 Å². The van der Waals surface area contributed by atoms with Crippen molar-refractivity contribution in [1.82, 2.24) is 10.2 Å². The minimum Gasteiger partial charge on any atom is -0.494 e. The van der Waals surface area contributed by atoms with Crippen molar-refractivity contribution >= 4 is 23.5 Å². The second-order valence-electron chi connectivity index (χ2n) is 7.28. The topological polar surface area (TPSA) is 97.6 Å². The number of aryl methyl sites for hydroxylation is 1. The van der Waals surface area contributed by atoms with Gasteiger partial charge in [-0.15, -0.1) is 5.10 Å². The average Bonchev–Trinajstić information content (AvgIpc) is 3.41. The summed E-state index contributed by atoms with van der Waals surface area (Å²) in [5.41, 5.74) is 2.45. The number of nitrogens with zero attached hydrogens (tertiary/aromatic N) is 3. The summed E-state index contributed by atoms with van der Waals surface area (Å²) in [5, 5.41) is 10.6. The fourth-order valence-corrected chi connectivity index (χ4v) is 3.52. The highest BCUT2D eigenvalue weighted by Gasteiger charge is 2.35. The molecule has 8 heteroatoms. The van der Waals surface area contributed by atoms with E-state index in [1.165, 1.54) is 0 Å². The van der Waals surface area contributed by atoms with E-state index in [9.17, 15) is 9.59 Å². The normalized spacial score (nSPS) is 15.9. The van der Waals surface area contributed by atoms with Gasteiger partial charge >= 0.3 is 6.01 Å². The zero-order chi connectivity index (χ0) is 21.8. The third kappa shape index (κ3) is 4.58. The molecule has 2 amide bonds. The van der Waals surface area contributed by atoms with Crippen LogP contribution in [0.1, 0.15) is 48.0 Å². The summed E-state index contributed by atoms with van der Waals surface area (Å²) >= 11 is 0. The van der Waals surface area contributed by atoms with E-state index in [-0.39, 0.29) is 30.2 Å². The highest BCUT2D eigenvalue weighted by Crippen LogP contribution is 2.32. The molecule has 0 spiro atoms. The van der Waals surface area contributed by atoms with Crippen LogP contribution in [0.2, 0.25) is 0 Å². The van der Waals surface area contributed by atoms with Crippen LogP contribution in [0.15, 0.2) is 52.9 Å². The lowest BCUT2D eigenvalue weighted by Gasteiger charge is -2.16. The Labute approximate surface area is 180 Å². The first-order chi connectivity index (χ1) is 15.1. The molecule has 1 N–H and O–H groups in total. The fourth-order valence-electron chi connectivity index (χ4n) is 3.52. The van der Waals surface area contributed by atoms with Gasteiger partial charge in [-0.25, -0.2) is 0 Å². The van der Waals surface area contributed by atoms with Crippen LogP contribution < -0.4 is 15.0 Å². The van der Waals surface area contributed by atoms with Crippen LogP contribution in [-0.2, 0) is 11.2 Å². The minimum absolute atomic E-state index is 0.0195. The first kappa shape index (κ1) is 20.6. The summed E-state index contributed by atoms with van der Waals surface area (Å²) in [4.78, 5) is 26.6. The second-order valence-corrected chi connectivity index (χ2v) is 7.28. The molecule has 1 atom stereocenters. The SMILES string of the molecule is CCOc1ccc(N2C[C@@H](c3nnc(NC(=O)c4ccc(CC)cc4)o3)CC2=O)cc1. The molecule has 1 aromatic heterocycles. The smallest absolute Gasteiger partial charge is 0.322 e. The summed E-state index contributed by atoms with van der Waals surface area (Å²) in [7, 11) is 0. The average molecular weight is 420 g/mol. The van der Waals surface area contributed by atoms with E-state index in [4.69, 9.17) is 9.15 Å². The summed E-state index contributed by atoms with van der Waals surface area (Å²) in [6.07, 6.45) is 1.17. The molecule has 2 heterocycles. The molecule has 0 aliphatic carbocycles. The predicted molar refractivity (Wildman–Crippen MR) is 115 cm³/mol. The summed E-state index contributed by atoms with van der Waals surface area (Å²) < 4.78 is 11.1. The van der Waals surface area contributed by atoms with Gasteiger partial charge in [0.1, 0.15) is 5.75 Å². The molecule has 0 bridgehead atoms. The number of anilines is 2. The number of hydrogen-bond donors (Lipinski definition) is 1. The lowest BCUT2D eigenvalue weighted by molar-refractivity contribution is -0.117. The number of carbonyl (C=O) groups is 2. The van der Waals surface area contributed by atoms with Crippen molar-refractivity contribution in [2.24, 2.45) is 0 Å². The molecule has 4 rings (SSSR count). The molecule has 8 nitrogen and oxygen atoms in total. The largest absolute Gasteiger partial charge is 0.494 e. The Morgan fingerprint density at radius 1 is 1.13 bits per heavy atom. The number of nitrogens with one attached hydrogen (secondary N) is 1. The Bertz CT molecular complexity index is 1060. The van der Waals surface area contributed by atoms with Gasteiger partial charge in [0, 0.05) is 24.2 Å². The van der Waals surface area contributed by atoms with Gasteiger partial charge < -0.3 is 14.1 Å². The number of rotatable bonds is 7. The van der Waals surface area contributed by atoms with Gasteiger partial charge in [0.2, 0.25) is 11.8 Å². The van der Waals surface area contributed by atoms with Gasteiger partial charge in [-0.3, -0.25) is 14.9 Å². The van der Waals surface area contributed by atoms with Crippen LogP contribution in [0.3, 0.4) is 0 Å². The van der Waals surface area contributed by atoms with Gasteiger partial charge in [0.15, 0.2) is 0 Å². The summed E-state index contributed by atoms with van der Waals surface area (Å²) in [6, 6.07) is 14.8. The van der Waals surface area contributed by atoms with Gasteiger partial charge in [-0.2, -0.15) is 0 Å². The maximum Gasteiger partial charge on any atom is 0.322 e. The standard InChI is InChI=1S/C23H24N4O4/c1-3-15-5-7-16(8-6-15)21(29)24-23-26-25-22(31-23)17-13-20(28)27(14-17)18-9-11-19(12-10-18)30-4-2/h5-12,17H,3-4,13-14H2,1-2H3,(H,24,26,29)/t17-/m0/s1. The van der Waals surface area contributed by atoms with Crippen molar-refractivity contribution in [1.29, 1.82) is 0 Å². The highest BCUT2D eigenvalue weighted by atomic mass is 16.5. The number of aromatic nitrogens is 2. The molecule has 0 saturated carbocycles. The van der Waals surface area contributed by atoms with Crippen LogP contribution in [0.4, 0.5) is 11.7 Å². The number of hydrogen-bond acceptors (Lipinski definition) is 6. The van der Waals surface area contributed by atoms with E-state index in [1.54, 1.807) is 17.0 Å². The Kier molecular flexibility index (Phi) is 5.97. The molecule has 0 radical (unpaired) electrons. The monoisotopic (exact) mass is 420 g/mol. The van der Waals surface area contributed by atoms with Crippen molar-refractivity contribution in [3.05, 3.63) is 65.5 Å². The molecule has 1 aliphatic rings. The Hall–Kier alpha value is -3.68. The van der Waals surface area contributed by atoms with Crippen LogP contribution in [-0.4, -0.2) is 35.2 Å². The Morgan fingerprint density at radius 3 is 2.55 bits per heavy atom. The van der Waals surface area contributed by atoms with Crippen molar-refractivity contribution in [3.63, 3.8) is 0 Å². The maximum absolute atomic E-state index is 12.5. The molecular weight excluding hydrogens is 396 g/mol. The van der Waals surface area contributed by atoms with Crippen molar-refractivity contribution in [3.8, 4) is 5.75 Å². The van der Waals surface area contributed by atoms with Crippen LogP contribution in [0.25, 0.3) is 0 Å². The summed E-state index contributed by atoms with van der Waals surface area (Å²) in [5.74, 6) is 0.515. The van der Waals surface area contributed by atoms with Crippen molar-refractivity contribution in [2.45, 2.75) is 32.6 Å². The molecular formula is C23H24N4O4. The molecule has 1 fully saturated rings. The number of amides is 2. The second kappa shape index (κ2) is 8.99. The van der Waals surface area contributed by atoms with Gasteiger partial charge in [0.05, 0.1) is 12.5 Å². The molecule has 0 unspecified atom stereocenters. The van der Waals surface area contributed by atoms with E-state index in [1.807, 2.05) is 43.3 Å². The Morgan fingerprint density at radius 2 is 1.87 bits per heavy atom. The maximum atomic E-state index is 12.5. The van der Waals surface area contributed by atoms with E-state index < -0.39 is 0 Å². The molecule has 1 saturated heterocycles. The highest BCUT2D eigenvalue weighted by molar-refractivity contribution is 6.03. The number of benzene rings is 2. The van der Waals surface area contributed by atoms with E-state index in [0.717, 1.165) is 23.4 Å². The molecule has 31 heavy (non-hydrogen) atoms. The lowest BCUT2D eigenvalue weighted by Crippen LogP contribution is -2.24. The molecule has 1 aliphatic heterocycles. The molecule has 2 aromatic carbocycles. The van der Waals surface area contributed by atoms with Crippen molar-refractivity contribution in [2.75, 3.05) is 23.4 Å². The number of ether oxygens (including phenoxy) is 1. The minimum atomic E-state index is -0.323. The fraction of sp³-hybridized carbons (Fsp3) is 0.304. The van der Waals surface area contributed by atoms with Gasteiger partial charge in [-0.1, -0.05) is 24.2 Å². The predicted octanol–water partition coefficient (Wildman–Crippen LogP) is 3.80. The first-order valence-electron chi connectivity index (χ1n) is 10.3. The van der Waals surface area contributed by atoms with Gasteiger partial charge in [-0.05, 0) is 55.3 Å². The molecule has 160 valence electrons. The zero-order valence-electron chi connectivity index (χ0n) is 17.5. The zero-order valence-corrected chi connectivity index (χ0v) is 17.5. The quantitative estimate of drug-likeness (QED) is 0.624. The van der Waals surface area contributed by atoms with Gasteiger partial charge in [0.25, 0.3) is 5.91 Å². The number of carbonyl (C=O) groups excluding carboxylic acids is 2. The van der Waals surface area contributed by atoms with Crippen LogP contribution in [0.5, 0.6) is 5.75 Å². The van der Waals surface area contributed by atoms with E-state index in [2.05, 4.69) is 22.4 Å². The third-order valence-electron chi connectivity index (χ3n) is 5.22. The Balaban J connectivity index is 1.40. The lowest BCUT2D eigenvalue weighted by atomic mass is 10.1. The van der Waals surface area contributed by atoms with Crippen molar-refractivity contribution < 1.29 is 18.7 Å². The van der Waals surface area contributed by atoms with Crippen LogP contribution >= 0.6 is 0 Å². The summed E-state index contributed by atoms with van der Waals surface area (Å²) in [6.45, 7) is 5.00. The first-order valence-corrected chi connectivity index (χ1v) is 10.3. The third-order valence-corrected chi connectivity index (χ3v) is 5.22. The van der Waals surface area contributed by atoms with E-state index >= 15 is 0 Å². The van der Waals surface area contributed by atoms with E-state index in [0.29, 0.717) is 24.6 Å². The molecule has 3 aromatic rings.